The molecule has 29 heavy (non-hydrogen) atoms. The Morgan fingerprint density at radius 3 is 2.86 bits per heavy atom. The molecule has 2 N–H and O–H groups in total. The number of carbonyl (C=O) groups is 1. The van der Waals surface area contributed by atoms with Crippen molar-refractivity contribution < 1.29 is 13.9 Å². The Hall–Kier alpha value is -2.21. The number of ether oxygens (including phenoxy) is 1. The van der Waals surface area contributed by atoms with Crippen LogP contribution in [0.1, 0.15) is 39.5 Å². The van der Waals surface area contributed by atoms with Crippen molar-refractivity contribution in [3.8, 4) is 5.75 Å². The first-order valence-corrected chi connectivity index (χ1v) is 10.7. The van der Waals surface area contributed by atoms with Crippen molar-refractivity contribution in [3.05, 3.63) is 36.3 Å². The molecule has 4 atom stereocenters. The van der Waals surface area contributed by atoms with E-state index >= 15 is 0 Å². The van der Waals surface area contributed by atoms with Gasteiger partial charge in [-0.2, -0.15) is 0 Å². The Balaban J connectivity index is 1.41. The fourth-order valence-electron chi connectivity index (χ4n) is 4.88. The SMILES string of the molecule is CC1CC(Oc2ccnc3ccc(F)cc23)CC1C(C)C(=O)NC1CCNCC1. The van der Waals surface area contributed by atoms with Crippen LogP contribution in [0.4, 0.5) is 4.39 Å². The summed E-state index contributed by atoms with van der Waals surface area (Å²) in [6, 6.07) is 6.64. The van der Waals surface area contributed by atoms with Crippen LogP contribution in [0.15, 0.2) is 30.5 Å². The molecule has 1 saturated carbocycles. The molecule has 0 spiro atoms. The Labute approximate surface area is 171 Å². The second-order valence-corrected chi connectivity index (χ2v) is 8.64. The minimum atomic E-state index is -0.295. The van der Waals surface area contributed by atoms with Crippen molar-refractivity contribution in [2.75, 3.05) is 13.1 Å². The van der Waals surface area contributed by atoms with Gasteiger partial charge in [0.25, 0.3) is 0 Å². The van der Waals surface area contributed by atoms with Crippen molar-refractivity contribution in [1.29, 1.82) is 0 Å². The van der Waals surface area contributed by atoms with Crippen LogP contribution >= 0.6 is 0 Å². The number of hydrogen-bond donors (Lipinski definition) is 2. The van der Waals surface area contributed by atoms with Gasteiger partial charge in [0.15, 0.2) is 0 Å². The topological polar surface area (TPSA) is 63.2 Å². The average Bonchev–Trinajstić information content (AvgIpc) is 3.08. The quantitative estimate of drug-likeness (QED) is 0.805. The lowest BCUT2D eigenvalue weighted by Crippen LogP contribution is -2.45. The molecular formula is C23H30FN3O2. The Bertz CT molecular complexity index is 868. The molecule has 2 heterocycles. The highest BCUT2D eigenvalue weighted by atomic mass is 19.1. The Morgan fingerprint density at radius 1 is 1.28 bits per heavy atom. The molecule has 2 aliphatic rings. The largest absolute Gasteiger partial charge is 0.490 e. The van der Waals surface area contributed by atoms with Crippen molar-refractivity contribution in [1.82, 2.24) is 15.6 Å². The van der Waals surface area contributed by atoms with E-state index in [-0.39, 0.29) is 35.7 Å². The van der Waals surface area contributed by atoms with Gasteiger partial charge >= 0.3 is 0 Å². The third-order valence-corrected chi connectivity index (χ3v) is 6.60. The predicted molar refractivity (Wildman–Crippen MR) is 111 cm³/mol. The van der Waals surface area contributed by atoms with Crippen LogP contribution in [0, 0.1) is 23.6 Å². The summed E-state index contributed by atoms with van der Waals surface area (Å²) in [6.45, 7) is 6.18. The number of hydrogen-bond acceptors (Lipinski definition) is 4. The van der Waals surface area contributed by atoms with E-state index in [2.05, 4.69) is 22.5 Å². The standard InChI is InChI=1S/C23H30FN3O2/c1-14-11-18(29-22-7-10-26-21-4-3-16(24)12-20(21)22)13-19(14)15(2)23(28)27-17-5-8-25-9-6-17/h3-4,7,10,12,14-15,17-19,25H,5-6,8-9,11,13H2,1-2H3,(H,27,28). The molecule has 1 aliphatic heterocycles. The number of halogens is 1. The summed E-state index contributed by atoms with van der Waals surface area (Å²) in [5.41, 5.74) is 0.723. The zero-order valence-electron chi connectivity index (χ0n) is 17.2. The van der Waals surface area contributed by atoms with Crippen molar-refractivity contribution >= 4 is 16.8 Å². The molecule has 1 aromatic carbocycles. The van der Waals surface area contributed by atoms with Crippen LogP contribution in [0.25, 0.3) is 10.9 Å². The summed E-state index contributed by atoms with van der Waals surface area (Å²) < 4.78 is 20.0. The maximum absolute atomic E-state index is 13.7. The Morgan fingerprint density at radius 2 is 2.07 bits per heavy atom. The smallest absolute Gasteiger partial charge is 0.223 e. The maximum atomic E-state index is 13.7. The van der Waals surface area contributed by atoms with Crippen molar-refractivity contribution in [2.45, 2.75) is 51.7 Å². The van der Waals surface area contributed by atoms with E-state index in [0.717, 1.165) is 44.3 Å². The number of nitrogens with one attached hydrogen (secondary N) is 2. The van der Waals surface area contributed by atoms with Gasteiger partial charge < -0.3 is 15.4 Å². The summed E-state index contributed by atoms with van der Waals surface area (Å²) in [4.78, 5) is 17.1. The molecule has 0 bridgehead atoms. The minimum Gasteiger partial charge on any atom is -0.490 e. The lowest BCUT2D eigenvalue weighted by molar-refractivity contribution is -0.127. The number of carbonyl (C=O) groups excluding carboxylic acids is 1. The lowest BCUT2D eigenvalue weighted by atomic mass is 9.85. The van der Waals surface area contributed by atoms with Crippen LogP contribution in [0.3, 0.4) is 0 Å². The van der Waals surface area contributed by atoms with Gasteiger partial charge in [0.2, 0.25) is 5.91 Å². The molecule has 1 aliphatic carbocycles. The van der Waals surface area contributed by atoms with E-state index in [0.29, 0.717) is 17.1 Å². The van der Waals surface area contributed by atoms with Crippen LogP contribution in [0.2, 0.25) is 0 Å². The van der Waals surface area contributed by atoms with Crippen LogP contribution in [-0.4, -0.2) is 36.1 Å². The highest BCUT2D eigenvalue weighted by Crippen LogP contribution is 2.40. The van der Waals surface area contributed by atoms with Crippen LogP contribution in [-0.2, 0) is 4.79 Å². The van der Waals surface area contributed by atoms with E-state index in [1.54, 1.807) is 18.3 Å². The van der Waals surface area contributed by atoms with Crippen molar-refractivity contribution in [3.63, 3.8) is 0 Å². The molecule has 1 aromatic heterocycles. The highest BCUT2D eigenvalue weighted by Gasteiger charge is 2.39. The number of amides is 1. The first-order valence-electron chi connectivity index (χ1n) is 10.7. The van der Waals surface area contributed by atoms with E-state index in [1.165, 1.54) is 12.1 Å². The van der Waals surface area contributed by atoms with E-state index in [4.69, 9.17) is 4.74 Å². The lowest BCUT2D eigenvalue weighted by Gasteiger charge is -2.28. The van der Waals surface area contributed by atoms with Gasteiger partial charge in [0, 0.05) is 23.5 Å². The molecule has 5 nitrogen and oxygen atoms in total. The van der Waals surface area contributed by atoms with Gasteiger partial charge in [0.1, 0.15) is 11.6 Å². The molecule has 0 radical (unpaired) electrons. The summed E-state index contributed by atoms with van der Waals surface area (Å²) in [5, 5.41) is 7.26. The molecule has 156 valence electrons. The highest BCUT2D eigenvalue weighted by molar-refractivity contribution is 5.84. The second kappa shape index (κ2) is 8.66. The van der Waals surface area contributed by atoms with E-state index in [9.17, 15) is 9.18 Å². The number of rotatable bonds is 5. The molecule has 1 amide bonds. The first-order chi connectivity index (χ1) is 14.0. The molecule has 4 unspecified atom stereocenters. The van der Waals surface area contributed by atoms with Gasteiger partial charge in [0.05, 0.1) is 11.6 Å². The van der Waals surface area contributed by atoms with Crippen LogP contribution in [0.5, 0.6) is 5.75 Å². The molecule has 1 saturated heterocycles. The summed E-state index contributed by atoms with van der Waals surface area (Å²) in [6.07, 6.45) is 5.45. The molecule has 6 heteroatoms. The fraction of sp³-hybridized carbons (Fsp3) is 0.565. The summed E-state index contributed by atoms with van der Waals surface area (Å²) in [5.74, 6) is 1.17. The monoisotopic (exact) mass is 399 g/mol. The molecule has 2 aromatic rings. The van der Waals surface area contributed by atoms with E-state index in [1.807, 2.05) is 6.92 Å². The second-order valence-electron chi connectivity index (χ2n) is 8.64. The number of fused-ring (bicyclic) bond motifs is 1. The van der Waals surface area contributed by atoms with Gasteiger partial charge in [-0.15, -0.1) is 0 Å². The van der Waals surface area contributed by atoms with Crippen LogP contribution < -0.4 is 15.4 Å². The zero-order chi connectivity index (χ0) is 20.4. The van der Waals surface area contributed by atoms with Crippen molar-refractivity contribution in [2.24, 2.45) is 17.8 Å². The maximum Gasteiger partial charge on any atom is 0.223 e. The third-order valence-electron chi connectivity index (χ3n) is 6.60. The van der Waals surface area contributed by atoms with Gasteiger partial charge in [-0.1, -0.05) is 13.8 Å². The van der Waals surface area contributed by atoms with E-state index < -0.39 is 0 Å². The number of piperidine rings is 1. The van der Waals surface area contributed by atoms with Gasteiger partial charge in [-0.3, -0.25) is 9.78 Å². The number of benzene rings is 1. The Kier molecular flexibility index (Phi) is 5.99. The van der Waals surface area contributed by atoms with Gasteiger partial charge in [-0.05, 0) is 74.9 Å². The number of pyridine rings is 1. The number of aromatic nitrogens is 1. The third kappa shape index (κ3) is 4.53. The predicted octanol–water partition coefficient (Wildman–Crippen LogP) is 3.67. The molecular weight excluding hydrogens is 369 g/mol. The zero-order valence-corrected chi connectivity index (χ0v) is 17.2. The fourth-order valence-corrected chi connectivity index (χ4v) is 4.88. The molecule has 4 rings (SSSR count). The normalized spacial score (nSPS) is 26.4. The average molecular weight is 400 g/mol. The summed E-state index contributed by atoms with van der Waals surface area (Å²) in [7, 11) is 0. The molecule has 2 fully saturated rings. The summed E-state index contributed by atoms with van der Waals surface area (Å²) >= 11 is 0. The van der Waals surface area contributed by atoms with Gasteiger partial charge in [-0.25, -0.2) is 4.39 Å². The first kappa shape index (κ1) is 20.1. The minimum absolute atomic E-state index is 0.0259. The number of nitrogens with zero attached hydrogens (tertiary/aromatic N) is 1.